The van der Waals surface area contributed by atoms with E-state index < -0.39 is 15.1 Å². The van der Waals surface area contributed by atoms with Crippen molar-refractivity contribution in [2.45, 2.75) is 17.9 Å². The van der Waals surface area contributed by atoms with Crippen molar-refractivity contribution in [1.29, 1.82) is 0 Å². The van der Waals surface area contributed by atoms with Gasteiger partial charge in [-0.25, -0.2) is 13.2 Å². The van der Waals surface area contributed by atoms with Crippen molar-refractivity contribution >= 4 is 31.7 Å². The first-order chi connectivity index (χ1) is 11.9. The van der Waals surface area contributed by atoms with Gasteiger partial charge in [-0.15, -0.1) is 0 Å². The number of nitrogens with one attached hydrogen (secondary N) is 1. The van der Waals surface area contributed by atoms with Crippen molar-refractivity contribution in [2.75, 3.05) is 6.54 Å². The Kier molecular flexibility index (Phi) is 4.73. The average molecular weight is 380 g/mol. The molecule has 130 valence electrons. The third-order valence-corrected chi connectivity index (χ3v) is 5.18. The largest absolute Gasteiger partial charge is 0.337 e. The second kappa shape index (κ2) is 6.81. The first-order valence-corrected chi connectivity index (χ1v) is 9.74. The minimum absolute atomic E-state index is 0.0230. The fraction of sp³-hybridized carbons (Fsp3) is 0.188. The number of rotatable bonds is 4. The lowest BCUT2D eigenvalue weighted by Gasteiger charge is -2.14. The number of carbonyl (C=O) groups is 2. The first-order valence-electron chi connectivity index (χ1n) is 7.43. The number of pyridine rings is 1. The molecule has 0 radical (unpaired) electrons. The summed E-state index contributed by atoms with van der Waals surface area (Å²) in [6.45, 7) is 0.461. The molecule has 0 bridgehead atoms. The molecule has 1 aromatic carbocycles. The van der Waals surface area contributed by atoms with Gasteiger partial charge in [0.05, 0.1) is 22.7 Å². The zero-order chi connectivity index (χ0) is 18.0. The van der Waals surface area contributed by atoms with Crippen LogP contribution in [0.3, 0.4) is 0 Å². The molecule has 9 heteroatoms. The standard InChI is InChI=1S/C16H14ClN3O4S/c17-25(23,24)12-5-3-11(4-6-12)7-9-19-16(22)20-10-14-13(15(20)21)2-1-8-18-14/h1-6,8H,7,9-10H2,(H,19,22). The number of urea groups is 1. The topological polar surface area (TPSA) is 96.4 Å². The number of hydrogen-bond acceptors (Lipinski definition) is 5. The Hall–Kier alpha value is -2.45. The first kappa shape index (κ1) is 17.4. The van der Waals surface area contributed by atoms with Gasteiger partial charge in [-0.1, -0.05) is 12.1 Å². The van der Waals surface area contributed by atoms with Gasteiger partial charge >= 0.3 is 6.03 Å². The maximum atomic E-state index is 12.2. The monoisotopic (exact) mass is 379 g/mol. The summed E-state index contributed by atoms with van der Waals surface area (Å²) in [5, 5.41) is 2.68. The van der Waals surface area contributed by atoms with Crippen LogP contribution in [-0.2, 0) is 22.0 Å². The molecule has 0 atom stereocenters. The highest BCUT2D eigenvalue weighted by Gasteiger charge is 2.32. The Bertz CT molecular complexity index is 929. The Morgan fingerprint density at radius 3 is 2.60 bits per heavy atom. The van der Waals surface area contributed by atoms with E-state index in [1.165, 1.54) is 12.1 Å². The number of carbonyl (C=O) groups excluding carboxylic acids is 2. The van der Waals surface area contributed by atoms with Crippen molar-refractivity contribution in [3.8, 4) is 0 Å². The minimum Gasteiger partial charge on any atom is -0.337 e. The second-order valence-electron chi connectivity index (χ2n) is 5.45. The molecule has 1 N–H and O–H groups in total. The van der Waals surface area contributed by atoms with Gasteiger partial charge in [0.1, 0.15) is 0 Å². The van der Waals surface area contributed by atoms with Gasteiger partial charge in [-0.2, -0.15) is 0 Å². The molecule has 7 nitrogen and oxygen atoms in total. The van der Waals surface area contributed by atoms with E-state index in [2.05, 4.69) is 10.3 Å². The number of fused-ring (bicyclic) bond motifs is 1. The smallest absolute Gasteiger partial charge is 0.324 e. The normalized spacial score (nSPS) is 13.6. The van der Waals surface area contributed by atoms with Gasteiger partial charge in [-0.05, 0) is 36.2 Å². The van der Waals surface area contributed by atoms with Crippen molar-refractivity contribution in [3.05, 3.63) is 59.4 Å². The van der Waals surface area contributed by atoms with E-state index >= 15 is 0 Å². The van der Waals surface area contributed by atoms with Gasteiger partial charge in [0.15, 0.2) is 0 Å². The van der Waals surface area contributed by atoms with Gasteiger partial charge in [0.2, 0.25) is 0 Å². The van der Waals surface area contributed by atoms with Crippen LogP contribution in [0.1, 0.15) is 21.6 Å². The van der Waals surface area contributed by atoms with Gasteiger partial charge in [-0.3, -0.25) is 14.7 Å². The van der Waals surface area contributed by atoms with Crippen LogP contribution in [0.4, 0.5) is 4.79 Å². The highest BCUT2D eigenvalue weighted by molar-refractivity contribution is 8.13. The van der Waals surface area contributed by atoms with Crippen LogP contribution < -0.4 is 5.32 Å². The Morgan fingerprint density at radius 2 is 1.96 bits per heavy atom. The molecule has 0 saturated heterocycles. The Labute approximate surface area is 149 Å². The van der Waals surface area contributed by atoms with E-state index in [1.807, 2.05) is 0 Å². The van der Waals surface area contributed by atoms with Gasteiger partial charge < -0.3 is 5.32 Å². The summed E-state index contributed by atoms with van der Waals surface area (Å²) < 4.78 is 22.4. The summed E-state index contributed by atoms with van der Waals surface area (Å²) in [7, 11) is 1.51. The lowest BCUT2D eigenvalue weighted by molar-refractivity contribution is 0.0821. The third kappa shape index (κ3) is 3.80. The van der Waals surface area contributed by atoms with Crippen LogP contribution in [0.5, 0.6) is 0 Å². The molecule has 0 saturated carbocycles. The molecule has 1 aliphatic rings. The van der Waals surface area contributed by atoms with E-state index in [4.69, 9.17) is 10.7 Å². The fourth-order valence-electron chi connectivity index (χ4n) is 2.52. The van der Waals surface area contributed by atoms with Crippen molar-refractivity contribution in [1.82, 2.24) is 15.2 Å². The number of halogens is 1. The Balaban J connectivity index is 1.55. The molecule has 2 heterocycles. The summed E-state index contributed by atoms with van der Waals surface area (Å²) >= 11 is 0. The number of benzene rings is 1. The molecular formula is C16H14ClN3O4S. The number of nitrogens with zero attached hydrogens (tertiary/aromatic N) is 2. The summed E-state index contributed by atoms with van der Waals surface area (Å²) in [6.07, 6.45) is 2.07. The van der Waals surface area contributed by atoms with Crippen molar-refractivity contribution in [3.63, 3.8) is 0 Å². The van der Waals surface area contributed by atoms with E-state index in [0.29, 0.717) is 24.2 Å². The molecule has 0 aliphatic carbocycles. The number of aromatic nitrogens is 1. The lowest BCUT2D eigenvalue weighted by atomic mass is 10.1. The molecule has 3 amide bonds. The van der Waals surface area contributed by atoms with Crippen molar-refractivity contribution < 1.29 is 18.0 Å². The minimum atomic E-state index is -3.74. The van der Waals surface area contributed by atoms with Crippen LogP contribution in [0.2, 0.25) is 0 Å². The molecule has 0 unspecified atom stereocenters. The van der Waals surface area contributed by atoms with Crippen LogP contribution in [-0.4, -0.2) is 36.8 Å². The Morgan fingerprint density at radius 1 is 1.24 bits per heavy atom. The SMILES string of the molecule is O=C(NCCc1ccc(S(=O)(=O)Cl)cc1)N1Cc2ncccc2C1=O. The molecule has 1 aliphatic heterocycles. The highest BCUT2D eigenvalue weighted by Crippen LogP contribution is 2.20. The summed E-state index contributed by atoms with van der Waals surface area (Å²) in [6, 6.07) is 8.89. The molecule has 0 fully saturated rings. The second-order valence-corrected chi connectivity index (χ2v) is 8.02. The number of hydrogen-bond donors (Lipinski definition) is 1. The molecule has 25 heavy (non-hydrogen) atoms. The van der Waals surface area contributed by atoms with Crippen LogP contribution >= 0.6 is 10.7 Å². The van der Waals surface area contributed by atoms with E-state index in [0.717, 1.165) is 10.5 Å². The predicted octanol–water partition coefficient (Wildman–Crippen LogP) is 1.92. The van der Waals surface area contributed by atoms with E-state index in [1.54, 1.807) is 30.5 Å². The molecular weight excluding hydrogens is 366 g/mol. The molecule has 1 aromatic heterocycles. The van der Waals surface area contributed by atoms with Gasteiger partial charge in [0, 0.05) is 23.4 Å². The highest BCUT2D eigenvalue weighted by atomic mass is 35.7. The summed E-state index contributed by atoms with van der Waals surface area (Å²) in [5.74, 6) is -0.364. The number of imide groups is 1. The lowest BCUT2D eigenvalue weighted by Crippen LogP contribution is -2.40. The maximum Gasteiger partial charge on any atom is 0.324 e. The number of amides is 3. The van der Waals surface area contributed by atoms with Crippen LogP contribution in [0.15, 0.2) is 47.5 Å². The summed E-state index contributed by atoms with van der Waals surface area (Å²) in [4.78, 5) is 29.6. The molecule has 3 rings (SSSR count). The predicted molar refractivity (Wildman–Crippen MR) is 90.7 cm³/mol. The third-order valence-electron chi connectivity index (χ3n) is 3.81. The van der Waals surface area contributed by atoms with Crippen LogP contribution in [0, 0.1) is 0 Å². The van der Waals surface area contributed by atoms with Crippen LogP contribution in [0.25, 0.3) is 0 Å². The average Bonchev–Trinajstić information content (AvgIpc) is 2.92. The zero-order valence-corrected chi connectivity index (χ0v) is 14.5. The molecule has 2 aromatic rings. The molecule has 0 spiro atoms. The van der Waals surface area contributed by atoms with E-state index in [-0.39, 0.29) is 17.3 Å². The maximum absolute atomic E-state index is 12.2. The van der Waals surface area contributed by atoms with Gasteiger partial charge in [0.25, 0.3) is 15.0 Å². The fourth-order valence-corrected chi connectivity index (χ4v) is 3.29. The zero-order valence-electron chi connectivity index (χ0n) is 13.0. The quantitative estimate of drug-likeness (QED) is 0.818. The van der Waals surface area contributed by atoms with E-state index in [9.17, 15) is 18.0 Å². The van der Waals surface area contributed by atoms with Crippen molar-refractivity contribution in [2.24, 2.45) is 0 Å². The summed E-state index contributed by atoms with van der Waals surface area (Å²) in [5.41, 5.74) is 1.86.